The minimum Gasteiger partial charge on any atom is -0.374 e. The van der Waals surface area contributed by atoms with E-state index in [2.05, 4.69) is 22.8 Å². The Morgan fingerprint density at radius 1 is 0.774 bits per heavy atom. The lowest BCUT2D eigenvalue weighted by Gasteiger charge is -2.19. The van der Waals surface area contributed by atoms with Crippen molar-refractivity contribution in [1.29, 1.82) is 0 Å². The van der Waals surface area contributed by atoms with Crippen LogP contribution in [0.2, 0.25) is 0 Å². The summed E-state index contributed by atoms with van der Waals surface area (Å²) in [4.78, 5) is 38.3. The van der Waals surface area contributed by atoms with E-state index in [4.69, 9.17) is 0 Å². The van der Waals surface area contributed by atoms with Gasteiger partial charge in [0.2, 0.25) is 5.91 Å². The second-order valence-electron chi connectivity index (χ2n) is 8.16. The van der Waals surface area contributed by atoms with Gasteiger partial charge >= 0.3 is 0 Å². The molecular weight excluding hydrogens is 388 g/mol. The van der Waals surface area contributed by atoms with E-state index in [1.165, 1.54) is 17.5 Å². The normalized spacial score (nSPS) is 15.0. The molecule has 154 valence electrons. The summed E-state index contributed by atoms with van der Waals surface area (Å²) in [5.74, 6) is -0.587. The van der Waals surface area contributed by atoms with Crippen LogP contribution in [0.4, 0.5) is 11.4 Å². The van der Waals surface area contributed by atoms with Gasteiger partial charge in [-0.25, -0.2) is 0 Å². The van der Waals surface area contributed by atoms with Crippen LogP contribution in [0.25, 0.3) is 0 Å². The third kappa shape index (κ3) is 3.42. The van der Waals surface area contributed by atoms with Crippen molar-refractivity contribution in [2.45, 2.75) is 32.2 Å². The molecule has 0 aliphatic heterocycles. The van der Waals surface area contributed by atoms with Crippen LogP contribution in [0.1, 0.15) is 56.3 Å². The monoisotopic (exact) mass is 410 g/mol. The van der Waals surface area contributed by atoms with Crippen LogP contribution in [0, 0.1) is 0 Å². The molecule has 0 spiro atoms. The minimum atomic E-state index is -0.464. The van der Waals surface area contributed by atoms with Crippen LogP contribution in [-0.2, 0) is 17.6 Å². The molecule has 2 aliphatic rings. The largest absolute Gasteiger partial charge is 0.374 e. The summed E-state index contributed by atoms with van der Waals surface area (Å²) >= 11 is 0. The molecule has 0 fully saturated rings. The molecule has 3 aromatic carbocycles. The molecule has 2 aliphatic carbocycles. The van der Waals surface area contributed by atoms with Crippen LogP contribution in [0.15, 0.2) is 60.7 Å². The number of aryl methyl sites for hydroxylation is 2. The summed E-state index contributed by atoms with van der Waals surface area (Å²) in [6, 6.07) is 17.5. The summed E-state index contributed by atoms with van der Waals surface area (Å²) in [5.41, 5.74) is 5.65. The van der Waals surface area contributed by atoms with E-state index in [1.807, 2.05) is 6.07 Å². The first-order valence-corrected chi connectivity index (χ1v) is 10.5. The maximum atomic E-state index is 12.9. The number of hydrogen-bond donors (Lipinski definition) is 2. The summed E-state index contributed by atoms with van der Waals surface area (Å²) in [6.45, 7) is 1.80. The molecule has 1 amide bonds. The third-order valence-corrected chi connectivity index (χ3v) is 6.07. The number of hydrogen-bond acceptors (Lipinski definition) is 4. The average molecular weight is 410 g/mol. The van der Waals surface area contributed by atoms with Gasteiger partial charge in [0.15, 0.2) is 11.6 Å². The number of nitrogens with one attached hydrogen (secondary N) is 2. The Labute approximate surface area is 180 Å². The number of carbonyl (C=O) groups is 3. The second kappa shape index (κ2) is 7.51. The fraction of sp³-hybridized carbons (Fsp3) is 0.192. The maximum Gasteiger partial charge on any atom is 0.246 e. The van der Waals surface area contributed by atoms with Crippen molar-refractivity contribution in [2.75, 3.05) is 10.6 Å². The van der Waals surface area contributed by atoms with E-state index >= 15 is 0 Å². The lowest BCUT2D eigenvalue weighted by Crippen LogP contribution is -2.32. The highest BCUT2D eigenvalue weighted by molar-refractivity contribution is 6.28. The van der Waals surface area contributed by atoms with Gasteiger partial charge in [-0.3, -0.25) is 14.4 Å². The van der Waals surface area contributed by atoms with Gasteiger partial charge in [0.1, 0.15) is 6.04 Å². The maximum absolute atomic E-state index is 12.9. The van der Waals surface area contributed by atoms with Crippen molar-refractivity contribution in [3.05, 3.63) is 94.0 Å². The molecule has 2 N–H and O–H groups in total. The van der Waals surface area contributed by atoms with Gasteiger partial charge in [-0.05, 0) is 67.6 Å². The Kier molecular flexibility index (Phi) is 4.66. The van der Waals surface area contributed by atoms with Gasteiger partial charge < -0.3 is 10.6 Å². The fourth-order valence-electron chi connectivity index (χ4n) is 4.40. The molecule has 0 aromatic heterocycles. The van der Waals surface area contributed by atoms with Gasteiger partial charge in [0.05, 0.1) is 0 Å². The van der Waals surface area contributed by atoms with Crippen LogP contribution in [0.3, 0.4) is 0 Å². The van der Waals surface area contributed by atoms with Crippen molar-refractivity contribution >= 4 is 28.8 Å². The smallest absolute Gasteiger partial charge is 0.246 e. The van der Waals surface area contributed by atoms with Gasteiger partial charge in [-0.2, -0.15) is 0 Å². The molecule has 31 heavy (non-hydrogen) atoms. The zero-order valence-corrected chi connectivity index (χ0v) is 17.2. The van der Waals surface area contributed by atoms with E-state index in [0.717, 1.165) is 18.5 Å². The quantitative estimate of drug-likeness (QED) is 0.523. The molecule has 0 unspecified atom stereocenters. The molecule has 3 aromatic rings. The molecule has 0 saturated carbocycles. The van der Waals surface area contributed by atoms with Crippen molar-refractivity contribution in [2.24, 2.45) is 0 Å². The SMILES string of the molecule is C[C@@H](Nc1ccc2c(c1)CCC2)C(=O)Nc1ccc2c(c1)C(=O)c1ccccc1C2=O. The van der Waals surface area contributed by atoms with Crippen molar-refractivity contribution in [3.8, 4) is 0 Å². The van der Waals surface area contributed by atoms with Crippen LogP contribution in [-0.4, -0.2) is 23.5 Å². The lowest BCUT2D eigenvalue weighted by molar-refractivity contribution is -0.116. The molecule has 0 radical (unpaired) electrons. The molecule has 0 saturated heterocycles. The Hall–Kier alpha value is -3.73. The Bertz CT molecular complexity index is 1250. The first-order chi connectivity index (χ1) is 15.0. The van der Waals surface area contributed by atoms with Gasteiger partial charge in [0, 0.05) is 33.6 Å². The summed E-state index contributed by atoms with van der Waals surface area (Å²) in [6.07, 6.45) is 3.38. The molecule has 0 bridgehead atoms. The topological polar surface area (TPSA) is 75.3 Å². The number of amides is 1. The van der Waals surface area contributed by atoms with Crippen LogP contribution in [0.5, 0.6) is 0 Å². The van der Waals surface area contributed by atoms with Crippen molar-refractivity contribution < 1.29 is 14.4 Å². The summed E-state index contributed by atoms with van der Waals surface area (Å²) < 4.78 is 0. The zero-order valence-electron chi connectivity index (χ0n) is 17.2. The van der Waals surface area contributed by atoms with Gasteiger partial charge in [-0.15, -0.1) is 0 Å². The highest BCUT2D eigenvalue weighted by Crippen LogP contribution is 2.29. The van der Waals surface area contributed by atoms with Gasteiger partial charge in [-0.1, -0.05) is 30.3 Å². The number of ketones is 2. The molecule has 5 rings (SSSR count). The third-order valence-electron chi connectivity index (χ3n) is 6.07. The fourth-order valence-corrected chi connectivity index (χ4v) is 4.40. The number of rotatable bonds is 4. The number of fused-ring (bicyclic) bond motifs is 3. The molecule has 5 nitrogen and oxygen atoms in total. The predicted octanol–water partition coefficient (Wildman–Crippen LogP) is 4.39. The summed E-state index contributed by atoms with van der Waals surface area (Å²) in [7, 11) is 0. The zero-order chi connectivity index (χ0) is 21.5. The molecular formula is C26H22N2O3. The van der Waals surface area contributed by atoms with E-state index in [1.54, 1.807) is 49.4 Å². The highest BCUT2D eigenvalue weighted by Gasteiger charge is 2.29. The predicted molar refractivity (Wildman–Crippen MR) is 120 cm³/mol. The standard InChI is InChI=1S/C26H22N2O3/c1-15(27-18-10-9-16-5-4-6-17(16)13-18)26(31)28-19-11-12-22-23(14-19)25(30)21-8-3-2-7-20(21)24(22)29/h2-3,7-15,27H,4-6H2,1H3,(H,28,31)/t15-/m1/s1. The van der Waals surface area contributed by atoms with Crippen LogP contribution < -0.4 is 10.6 Å². The number of benzene rings is 3. The van der Waals surface area contributed by atoms with Gasteiger partial charge in [0.25, 0.3) is 0 Å². The van der Waals surface area contributed by atoms with E-state index in [0.29, 0.717) is 27.9 Å². The Morgan fingerprint density at radius 2 is 1.42 bits per heavy atom. The molecule has 0 heterocycles. The first-order valence-electron chi connectivity index (χ1n) is 10.5. The van der Waals surface area contributed by atoms with Crippen molar-refractivity contribution in [3.63, 3.8) is 0 Å². The minimum absolute atomic E-state index is 0.172. The molecule has 1 atom stereocenters. The Balaban J connectivity index is 1.33. The lowest BCUT2D eigenvalue weighted by atomic mass is 9.84. The van der Waals surface area contributed by atoms with E-state index in [-0.39, 0.29) is 17.5 Å². The van der Waals surface area contributed by atoms with Crippen molar-refractivity contribution in [1.82, 2.24) is 0 Å². The Morgan fingerprint density at radius 3 is 2.19 bits per heavy atom. The van der Waals surface area contributed by atoms with E-state index in [9.17, 15) is 14.4 Å². The second-order valence-corrected chi connectivity index (χ2v) is 8.16. The number of carbonyl (C=O) groups excluding carboxylic acids is 3. The average Bonchev–Trinajstić information content (AvgIpc) is 3.25. The summed E-state index contributed by atoms with van der Waals surface area (Å²) in [5, 5.41) is 6.11. The first kappa shape index (κ1) is 19.2. The van der Waals surface area contributed by atoms with Crippen LogP contribution >= 0.6 is 0 Å². The van der Waals surface area contributed by atoms with E-state index < -0.39 is 6.04 Å². The number of anilines is 2. The molecule has 5 heteroatoms. The highest BCUT2D eigenvalue weighted by atomic mass is 16.2.